The number of nitriles is 1. The summed E-state index contributed by atoms with van der Waals surface area (Å²) < 4.78 is 43.3. The van der Waals surface area contributed by atoms with Crippen molar-refractivity contribution in [3.8, 4) is 11.8 Å². The van der Waals surface area contributed by atoms with Crippen LogP contribution in [0, 0.1) is 21.4 Å². The standard InChI is InChI=1S/C18H13F3N4O4/c1-29-16-6-5-14(25(27)28)8-15(16)23-10-11(9-22)17(26)24-13-4-2-3-12(7-13)18(19,20)21/h2-8,10,23H,1H3,(H,24,26)/b11-10-. The third-order valence-electron chi connectivity index (χ3n) is 3.58. The number of nitrogens with one attached hydrogen (secondary N) is 2. The molecule has 0 radical (unpaired) electrons. The Morgan fingerprint density at radius 3 is 2.59 bits per heavy atom. The van der Waals surface area contributed by atoms with Crippen molar-refractivity contribution in [3.63, 3.8) is 0 Å². The predicted molar refractivity (Wildman–Crippen MR) is 97.0 cm³/mol. The number of nitrogens with zero attached hydrogens (tertiary/aromatic N) is 2. The Bertz CT molecular complexity index is 1010. The Labute approximate surface area is 162 Å². The number of nitro benzene ring substituents is 1. The molecule has 0 spiro atoms. The molecule has 0 saturated heterocycles. The topological polar surface area (TPSA) is 117 Å². The number of hydrogen-bond acceptors (Lipinski definition) is 6. The van der Waals surface area contributed by atoms with Crippen LogP contribution in [0.25, 0.3) is 0 Å². The minimum atomic E-state index is -4.59. The van der Waals surface area contributed by atoms with Gasteiger partial charge in [0.15, 0.2) is 0 Å². The average Bonchev–Trinajstić information content (AvgIpc) is 2.67. The number of non-ortho nitro benzene ring substituents is 1. The van der Waals surface area contributed by atoms with Gasteiger partial charge in [0.1, 0.15) is 17.4 Å². The molecular weight excluding hydrogens is 393 g/mol. The smallest absolute Gasteiger partial charge is 0.416 e. The second-order valence-corrected chi connectivity index (χ2v) is 5.49. The van der Waals surface area contributed by atoms with Crippen molar-refractivity contribution >= 4 is 23.0 Å². The van der Waals surface area contributed by atoms with Gasteiger partial charge in [0.25, 0.3) is 11.6 Å². The van der Waals surface area contributed by atoms with Gasteiger partial charge in [-0.2, -0.15) is 18.4 Å². The first-order valence-corrected chi connectivity index (χ1v) is 7.83. The van der Waals surface area contributed by atoms with E-state index in [2.05, 4.69) is 10.6 Å². The van der Waals surface area contributed by atoms with E-state index in [0.29, 0.717) is 0 Å². The van der Waals surface area contributed by atoms with Gasteiger partial charge in [0.05, 0.1) is 23.3 Å². The quantitative estimate of drug-likeness (QED) is 0.323. The highest BCUT2D eigenvalue weighted by Crippen LogP contribution is 2.31. The molecule has 0 atom stereocenters. The van der Waals surface area contributed by atoms with Gasteiger partial charge in [-0.15, -0.1) is 0 Å². The Morgan fingerprint density at radius 1 is 1.28 bits per heavy atom. The number of hydrogen-bond donors (Lipinski definition) is 2. The highest BCUT2D eigenvalue weighted by Gasteiger charge is 2.30. The van der Waals surface area contributed by atoms with Crippen LogP contribution in [0.2, 0.25) is 0 Å². The maximum absolute atomic E-state index is 12.8. The monoisotopic (exact) mass is 406 g/mol. The fourth-order valence-electron chi connectivity index (χ4n) is 2.19. The summed E-state index contributed by atoms with van der Waals surface area (Å²) in [6, 6.07) is 9.18. The van der Waals surface area contributed by atoms with E-state index in [1.807, 2.05) is 0 Å². The maximum Gasteiger partial charge on any atom is 0.416 e. The molecule has 0 aliphatic carbocycles. The maximum atomic E-state index is 12.8. The van der Waals surface area contributed by atoms with E-state index in [1.54, 1.807) is 6.07 Å². The minimum Gasteiger partial charge on any atom is -0.495 e. The van der Waals surface area contributed by atoms with Gasteiger partial charge in [-0.1, -0.05) is 6.07 Å². The summed E-state index contributed by atoms with van der Waals surface area (Å²) in [5.41, 5.74) is -1.73. The summed E-state index contributed by atoms with van der Waals surface area (Å²) in [5, 5.41) is 24.8. The van der Waals surface area contributed by atoms with E-state index in [4.69, 9.17) is 10.00 Å². The number of rotatable bonds is 6. The Morgan fingerprint density at radius 2 is 2.00 bits per heavy atom. The molecule has 0 aliphatic heterocycles. The molecule has 0 bridgehead atoms. The van der Waals surface area contributed by atoms with Crippen molar-refractivity contribution in [1.82, 2.24) is 0 Å². The molecule has 0 heterocycles. The van der Waals surface area contributed by atoms with Gasteiger partial charge in [-0.05, 0) is 24.3 Å². The van der Waals surface area contributed by atoms with Crippen molar-refractivity contribution < 1.29 is 27.6 Å². The van der Waals surface area contributed by atoms with Crippen LogP contribution in [0.15, 0.2) is 54.2 Å². The number of ether oxygens (including phenoxy) is 1. The molecule has 29 heavy (non-hydrogen) atoms. The molecule has 1 amide bonds. The molecule has 2 aromatic carbocycles. The second kappa shape index (κ2) is 8.75. The number of nitro groups is 1. The highest BCUT2D eigenvalue weighted by atomic mass is 19.4. The fourth-order valence-corrected chi connectivity index (χ4v) is 2.19. The van der Waals surface area contributed by atoms with E-state index in [1.165, 1.54) is 25.3 Å². The molecule has 11 heteroatoms. The molecule has 0 saturated carbocycles. The minimum absolute atomic E-state index is 0.112. The van der Waals surface area contributed by atoms with Crippen LogP contribution in [0.3, 0.4) is 0 Å². The number of carbonyl (C=O) groups is 1. The lowest BCUT2D eigenvalue weighted by Gasteiger charge is -2.10. The first kappa shape index (κ1) is 21.2. The fraction of sp³-hybridized carbons (Fsp3) is 0.111. The first-order valence-electron chi connectivity index (χ1n) is 7.83. The van der Waals surface area contributed by atoms with Crippen molar-refractivity contribution in [1.29, 1.82) is 5.26 Å². The molecule has 2 N–H and O–H groups in total. The molecule has 150 valence electrons. The predicted octanol–water partition coefficient (Wildman–Crippen LogP) is 4.08. The number of amides is 1. The van der Waals surface area contributed by atoms with E-state index in [-0.39, 0.29) is 22.8 Å². The summed E-state index contributed by atoms with van der Waals surface area (Å²) in [6.07, 6.45) is -3.63. The number of benzene rings is 2. The summed E-state index contributed by atoms with van der Waals surface area (Å²) >= 11 is 0. The number of halogens is 3. The molecular formula is C18H13F3N4O4. The lowest BCUT2D eigenvalue weighted by atomic mass is 10.2. The molecule has 0 fully saturated rings. The van der Waals surface area contributed by atoms with Gasteiger partial charge < -0.3 is 15.4 Å². The van der Waals surface area contributed by atoms with Crippen molar-refractivity contribution in [2.75, 3.05) is 17.7 Å². The van der Waals surface area contributed by atoms with Gasteiger partial charge in [0, 0.05) is 24.0 Å². The summed E-state index contributed by atoms with van der Waals surface area (Å²) in [6.45, 7) is 0. The Kier molecular flexibility index (Phi) is 6.40. The van der Waals surface area contributed by atoms with Crippen LogP contribution in [-0.4, -0.2) is 17.9 Å². The molecule has 2 aromatic rings. The zero-order valence-electron chi connectivity index (χ0n) is 14.8. The number of methoxy groups -OCH3 is 1. The van der Waals surface area contributed by atoms with E-state index >= 15 is 0 Å². The molecule has 0 aromatic heterocycles. The van der Waals surface area contributed by atoms with Gasteiger partial charge in [-0.3, -0.25) is 14.9 Å². The number of anilines is 2. The largest absolute Gasteiger partial charge is 0.495 e. The van der Waals surface area contributed by atoms with Crippen LogP contribution in [0.5, 0.6) is 5.75 Å². The van der Waals surface area contributed by atoms with Crippen LogP contribution in [-0.2, 0) is 11.0 Å². The van der Waals surface area contributed by atoms with Crippen molar-refractivity contribution in [3.05, 3.63) is 69.9 Å². The third-order valence-corrected chi connectivity index (χ3v) is 3.58. The zero-order chi connectivity index (χ0) is 21.6. The van der Waals surface area contributed by atoms with Gasteiger partial charge >= 0.3 is 6.18 Å². The van der Waals surface area contributed by atoms with Crippen molar-refractivity contribution in [2.45, 2.75) is 6.18 Å². The number of carbonyl (C=O) groups excluding carboxylic acids is 1. The molecule has 2 rings (SSSR count). The Balaban J connectivity index is 2.23. The van der Waals surface area contributed by atoms with Crippen LogP contribution in [0.4, 0.5) is 30.2 Å². The average molecular weight is 406 g/mol. The Hall–Kier alpha value is -4.07. The van der Waals surface area contributed by atoms with Crippen LogP contribution >= 0.6 is 0 Å². The van der Waals surface area contributed by atoms with E-state index in [0.717, 1.165) is 30.5 Å². The summed E-state index contributed by atoms with van der Waals surface area (Å²) in [4.78, 5) is 22.4. The molecule has 0 aliphatic rings. The SMILES string of the molecule is COc1ccc([N+](=O)[O-])cc1N/C=C(/C#N)C(=O)Nc1cccc(C(F)(F)F)c1. The van der Waals surface area contributed by atoms with Crippen LogP contribution in [0.1, 0.15) is 5.56 Å². The lowest BCUT2D eigenvalue weighted by molar-refractivity contribution is -0.384. The van der Waals surface area contributed by atoms with E-state index in [9.17, 15) is 28.1 Å². The highest BCUT2D eigenvalue weighted by molar-refractivity contribution is 6.06. The van der Waals surface area contributed by atoms with Gasteiger partial charge in [0.2, 0.25) is 0 Å². The number of alkyl halides is 3. The first-order chi connectivity index (χ1) is 13.7. The summed E-state index contributed by atoms with van der Waals surface area (Å²) in [5.74, 6) is -0.758. The molecule has 8 nitrogen and oxygen atoms in total. The van der Waals surface area contributed by atoms with Gasteiger partial charge in [-0.25, -0.2) is 0 Å². The normalized spacial score (nSPS) is 11.3. The molecule has 0 unspecified atom stereocenters. The second-order valence-electron chi connectivity index (χ2n) is 5.49. The van der Waals surface area contributed by atoms with Crippen molar-refractivity contribution in [2.24, 2.45) is 0 Å². The summed E-state index contributed by atoms with van der Waals surface area (Å²) in [7, 11) is 1.32. The van der Waals surface area contributed by atoms with E-state index < -0.39 is 28.1 Å². The third kappa shape index (κ3) is 5.46. The lowest BCUT2D eigenvalue weighted by Crippen LogP contribution is -2.15. The zero-order valence-corrected chi connectivity index (χ0v) is 14.8. The van der Waals surface area contributed by atoms with Crippen LogP contribution < -0.4 is 15.4 Å².